The third-order valence-electron chi connectivity index (χ3n) is 4.07. The number of hydrogen-bond acceptors (Lipinski definition) is 7. The maximum atomic E-state index is 11.3. The fourth-order valence-corrected chi connectivity index (χ4v) is 2.81. The first-order valence-electron chi connectivity index (χ1n) is 9.05. The minimum Gasteiger partial charge on any atom is -0.493 e. The van der Waals surface area contributed by atoms with E-state index in [1.54, 1.807) is 24.3 Å². The van der Waals surface area contributed by atoms with Gasteiger partial charge in [0.2, 0.25) is 0 Å². The highest BCUT2D eigenvalue weighted by Crippen LogP contribution is 2.33. The Morgan fingerprint density at radius 2 is 1.48 bits per heavy atom. The van der Waals surface area contributed by atoms with E-state index < -0.39 is 5.97 Å². The molecule has 0 radical (unpaired) electrons. The lowest BCUT2D eigenvalue weighted by Gasteiger charge is -2.19. The van der Waals surface area contributed by atoms with Crippen LogP contribution in [0, 0.1) is 0 Å². The van der Waals surface area contributed by atoms with Gasteiger partial charge >= 0.3 is 17.9 Å². The molecule has 2 aromatic carbocycles. The van der Waals surface area contributed by atoms with Crippen molar-refractivity contribution in [2.45, 2.75) is 33.1 Å². The van der Waals surface area contributed by atoms with E-state index in [1.807, 2.05) is 18.2 Å². The van der Waals surface area contributed by atoms with E-state index in [0.717, 1.165) is 11.1 Å². The molecule has 7 nitrogen and oxygen atoms in total. The van der Waals surface area contributed by atoms with E-state index in [4.69, 9.17) is 18.9 Å². The zero-order valence-corrected chi connectivity index (χ0v) is 16.9. The molecule has 29 heavy (non-hydrogen) atoms. The van der Waals surface area contributed by atoms with Crippen molar-refractivity contribution in [3.63, 3.8) is 0 Å². The van der Waals surface area contributed by atoms with Gasteiger partial charge in [-0.2, -0.15) is 0 Å². The second kappa shape index (κ2) is 10.3. The Hall–Kier alpha value is -3.35. The second-order valence-electron chi connectivity index (χ2n) is 6.45. The van der Waals surface area contributed by atoms with Crippen LogP contribution in [0.15, 0.2) is 42.5 Å². The van der Waals surface area contributed by atoms with Crippen molar-refractivity contribution in [2.24, 2.45) is 0 Å². The van der Waals surface area contributed by atoms with Crippen LogP contribution >= 0.6 is 0 Å². The van der Waals surface area contributed by atoms with Crippen LogP contribution in [-0.4, -0.2) is 31.6 Å². The number of rotatable bonds is 8. The fourth-order valence-electron chi connectivity index (χ4n) is 2.81. The minimum atomic E-state index is -0.444. The van der Waals surface area contributed by atoms with Crippen molar-refractivity contribution in [3.8, 4) is 17.2 Å². The molecule has 0 heterocycles. The van der Waals surface area contributed by atoms with Crippen molar-refractivity contribution in [1.82, 2.24) is 0 Å². The summed E-state index contributed by atoms with van der Waals surface area (Å²) in [5, 5.41) is 0. The topological polar surface area (TPSA) is 88.1 Å². The first-order chi connectivity index (χ1) is 13.8. The average molecular weight is 400 g/mol. The van der Waals surface area contributed by atoms with Crippen LogP contribution in [0.1, 0.15) is 37.8 Å². The number of methoxy groups -OCH3 is 1. The normalized spacial score (nSPS) is 11.3. The highest BCUT2D eigenvalue weighted by atomic mass is 16.6. The summed E-state index contributed by atoms with van der Waals surface area (Å²) in [5.41, 5.74) is 1.84. The highest BCUT2D eigenvalue weighted by molar-refractivity contribution is 5.70. The Labute approximate surface area is 169 Å². The molecule has 0 unspecified atom stereocenters. The molecule has 0 saturated heterocycles. The number of carbonyl (C=O) groups excluding carboxylic acids is 3. The van der Waals surface area contributed by atoms with Gasteiger partial charge in [-0.25, -0.2) is 0 Å². The first-order valence-corrected chi connectivity index (χ1v) is 9.05. The lowest BCUT2D eigenvalue weighted by Crippen LogP contribution is -2.14. The molecule has 0 amide bonds. The summed E-state index contributed by atoms with van der Waals surface area (Å²) in [4.78, 5) is 33.6. The SMILES string of the molecule is COc1cc([C@H](COC(C)=O)Cc2ccc(OC(C)=O)cc2)ccc1OC(C)=O. The molecule has 2 rings (SSSR count). The smallest absolute Gasteiger partial charge is 0.308 e. The van der Waals surface area contributed by atoms with Gasteiger partial charge in [-0.1, -0.05) is 18.2 Å². The predicted molar refractivity (Wildman–Crippen MR) is 105 cm³/mol. The number of carbonyl (C=O) groups is 3. The molecule has 0 fully saturated rings. The Kier molecular flexibility index (Phi) is 7.77. The van der Waals surface area contributed by atoms with Crippen LogP contribution in [0.2, 0.25) is 0 Å². The first kappa shape index (κ1) is 21.9. The molecule has 0 aliphatic carbocycles. The standard InChI is InChI=1S/C22H24O7/c1-14(23)27-13-19(11-17-5-8-20(9-6-17)28-15(2)24)18-7-10-21(29-16(3)25)22(12-18)26-4/h5-10,12,19H,11,13H2,1-4H3/t19-/m0/s1. The summed E-state index contributed by atoms with van der Waals surface area (Å²) >= 11 is 0. The van der Waals surface area contributed by atoms with Crippen molar-refractivity contribution < 1.29 is 33.3 Å². The van der Waals surface area contributed by atoms with Crippen molar-refractivity contribution in [1.29, 1.82) is 0 Å². The molecular weight excluding hydrogens is 376 g/mol. The second-order valence-corrected chi connectivity index (χ2v) is 6.45. The third-order valence-corrected chi connectivity index (χ3v) is 4.07. The van der Waals surface area contributed by atoms with Crippen LogP contribution < -0.4 is 14.2 Å². The van der Waals surface area contributed by atoms with Gasteiger partial charge < -0.3 is 18.9 Å². The monoisotopic (exact) mass is 400 g/mol. The maximum absolute atomic E-state index is 11.3. The zero-order chi connectivity index (χ0) is 21.4. The van der Waals surface area contributed by atoms with Gasteiger partial charge in [-0.15, -0.1) is 0 Å². The summed E-state index contributed by atoms with van der Waals surface area (Å²) in [6.07, 6.45) is 0.573. The Balaban J connectivity index is 2.26. The molecule has 0 aliphatic heterocycles. The number of ether oxygens (including phenoxy) is 4. The molecule has 1 atom stereocenters. The van der Waals surface area contributed by atoms with Crippen LogP contribution in [0.5, 0.6) is 17.2 Å². The molecule has 2 aromatic rings. The van der Waals surface area contributed by atoms with E-state index in [1.165, 1.54) is 27.9 Å². The van der Waals surface area contributed by atoms with Crippen LogP contribution in [-0.2, 0) is 25.5 Å². The van der Waals surface area contributed by atoms with E-state index in [0.29, 0.717) is 23.7 Å². The Morgan fingerprint density at radius 1 is 0.828 bits per heavy atom. The molecule has 0 aromatic heterocycles. The average Bonchev–Trinajstić information content (AvgIpc) is 2.66. The van der Waals surface area contributed by atoms with Gasteiger partial charge in [0.15, 0.2) is 11.5 Å². The van der Waals surface area contributed by atoms with Crippen LogP contribution in [0.3, 0.4) is 0 Å². The third kappa shape index (κ3) is 6.95. The van der Waals surface area contributed by atoms with Crippen molar-refractivity contribution >= 4 is 17.9 Å². The summed E-state index contributed by atoms with van der Waals surface area (Å²) in [6.45, 7) is 4.19. The molecule has 0 saturated carbocycles. The molecule has 7 heteroatoms. The van der Waals surface area contributed by atoms with E-state index in [-0.39, 0.29) is 24.5 Å². The molecule has 0 bridgehead atoms. The predicted octanol–water partition coefficient (Wildman–Crippen LogP) is 3.44. The van der Waals surface area contributed by atoms with Crippen molar-refractivity contribution in [3.05, 3.63) is 53.6 Å². The minimum absolute atomic E-state index is 0.154. The van der Waals surface area contributed by atoms with E-state index in [2.05, 4.69) is 0 Å². The molecule has 0 aliphatic rings. The van der Waals surface area contributed by atoms with Crippen LogP contribution in [0.4, 0.5) is 0 Å². The molecule has 0 spiro atoms. The van der Waals surface area contributed by atoms with Gasteiger partial charge in [0.25, 0.3) is 0 Å². The summed E-state index contributed by atoms with van der Waals surface area (Å²) < 4.78 is 20.8. The maximum Gasteiger partial charge on any atom is 0.308 e. The van der Waals surface area contributed by atoms with Gasteiger partial charge in [0.1, 0.15) is 5.75 Å². The van der Waals surface area contributed by atoms with Gasteiger partial charge in [-0.05, 0) is 41.8 Å². The molecular formula is C22H24O7. The quantitative estimate of drug-likeness (QED) is 0.495. The summed E-state index contributed by atoms with van der Waals surface area (Å²) in [6, 6.07) is 12.4. The molecule has 154 valence electrons. The highest BCUT2D eigenvalue weighted by Gasteiger charge is 2.18. The largest absolute Gasteiger partial charge is 0.493 e. The number of esters is 3. The summed E-state index contributed by atoms with van der Waals surface area (Å²) in [5.74, 6) is -0.157. The Bertz CT molecular complexity index is 871. The van der Waals surface area contributed by atoms with Gasteiger partial charge in [-0.3, -0.25) is 14.4 Å². The lowest BCUT2D eigenvalue weighted by atomic mass is 9.92. The lowest BCUT2D eigenvalue weighted by molar-refractivity contribution is -0.141. The van der Waals surface area contributed by atoms with E-state index in [9.17, 15) is 14.4 Å². The molecule has 0 N–H and O–H groups in total. The Morgan fingerprint density at radius 3 is 2.03 bits per heavy atom. The van der Waals surface area contributed by atoms with Crippen molar-refractivity contribution in [2.75, 3.05) is 13.7 Å². The number of benzene rings is 2. The van der Waals surface area contributed by atoms with Gasteiger partial charge in [0.05, 0.1) is 13.7 Å². The fraction of sp³-hybridized carbons (Fsp3) is 0.318. The van der Waals surface area contributed by atoms with Gasteiger partial charge in [0, 0.05) is 26.7 Å². The van der Waals surface area contributed by atoms with Crippen LogP contribution in [0.25, 0.3) is 0 Å². The summed E-state index contributed by atoms with van der Waals surface area (Å²) in [7, 11) is 1.49. The zero-order valence-electron chi connectivity index (χ0n) is 16.9. The van der Waals surface area contributed by atoms with E-state index >= 15 is 0 Å². The number of hydrogen-bond donors (Lipinski definition) is 0.